The van der Waals surface area contributed by atoms with E-state index in [4.69, 9.17) is 0 Å². The number of halogens is 2. The van der Waals surface area contributed by atoms with Gasteiger partial charge in [0, 0.05) is 23.2 Å². The zero-order chi connectivity index (χ0) is 41.9. The highest BCUT2D eigenvalue weighted by atomic mass is 19.1. The molecule has 316 valence electrons. The molecule has 2 aromatic carbocycles. The van der Waals surface area contributed by atoms with Crippen molar-refractivity contribution in [2.45, 2.75) is 113 Å². The zero-order valence-corrected chi connectivity index (χ0v) is 34.8. The molecule has 0 amide bonds. The average molecular weight is 831 g/mol. The third-order valence-electron chi connectivity index (χ3n) is 14.7. The Kier molecular flexibility index (Phi) is 10.3. The van der Waals surface area contributed by atoms with Crippen molar-refractivity contribution in [2.24, 2.45) is 11.8 Å². The summed E-state index contributed by atoms with van der Waals surface area (Å²) in [5, 5.41) is 24.8. The van der Waals surface area contributed by atoms with Crippen LogP contribution in [0.2, 0.25) is 0 Å². The highest BCUT2D eigenvalue weighted by Gasteiger charge is 2.37. The van der Waals surface area contributed by atoms with Crippen LogP contribution in [0, 0.1) is 23.5 Å². The molecule has 0 bridgehead atoms. The highest BCUT2D eigenvalue weighted by molar-refractivity contribution is 5.84. The van der Waals surface area contributed by atoms with Gasteiger partial charge in [-0.15, -0.1) is 0 Å². The molecule has 2 N–H and O–H groups in total. The summed E-state index contributed by atoms with van der Waals surface area (Å²) in [6.45, 7) is 0. The Hall–Kier alpha value is -5.58. The molecule has 4 aliphatic carbocycles. The predicted molar refractivity (Wildman–Crippen MR) is 237 cm³/mol. The molecule has 8 aromatic rings. The van der Waals surface area contributed by atoms with Crippen LogP contribution in [-0.4, -0.2) is 39.0 Å². The van der Waals surface area contributed by atoms with Crippen molar-refractivity contribution in [2.75, 3.05) is 0 Å². The van der Waals surface area contributed by atoms with E-state index in [-0.39, 0.29) is 23.5 Å². The minimum absolute atomic E-state index is 0.228. The van der Waals surface area contributed by atoms with E-state index in [0.717, 1.165) is 84.6 Å². The largest absolute Gasteiger partial charge is 0.387 e. The first-order chi connectivity index (χ1) is 30.4. The SMILES string of the molecule is O[C@@H](c1c(C2CC2)ccc2cncn12)C1CCC(c2ccc(F)c3ncccc23)CC1.O[C@H](c1c(C2CC2)ccc2cncn12)C1CCC(c2ccc(F)c3ncccc23)CC1. The van der Waals surface area contributed by atoms with E-state index in [0.29, 0.717) is 34.7 Å². The molecule has 10 heteroatoms. The second-order valence-electron chi connectivity index (χ2n) is 18.5. The molecule has 0 saturated heterocycles. The van der Waals surface area contributed by atoms with E-state index in [1.807, 2.05) is 61.4 Å². The quantitative estimate of drug-likeness (QED) is 0.158. The van der Waals surface area contributed by atoms with Gasteiger partial charge in [-0.05, 0) is 171 Å². The van der Waals surface area contributed by atoms with E-state index in [1.165, 1.54) is 47.9 Å². The van der Waals surface area contributed by atoms with Gasteiger partial charge in [-0.1, -0.05) is 36.4 Å². The number of aliphatic hydroxyl groups excluding tert-OH is 2. The highest BCUT2D eigenvalue weighted by Crippen LogP contribution is 2.49. The number of hydrogen-bond acceptors (Lipinski definition) is 6. The third-order valence-corrected chi connectivity index (χ3v) is 14.7. The van der Waals surface area contributed by atoms with Gasteiger partial charge >= 0.3 is 0 Å². The average Bonchev–Trinajstić information content (AvgIpc) is 4.25. The third kappa shape index (κ3) is 7.24. The predicted octanol–water partition coefficient (Wildman–Crippen LogP) is 11.8. The maximum Gasteiger partial charge on any atom is 0.149 e. The van der Waals surface area contributed by atoms with Crippen molar-refractivity contribution < 1.29 is 19.0 Å². The molecular formula is C52H52F2N6O2. The number of pyridine rings is 4. The molecule has 4 fully saturated rings. The number of aromatic nitrogens is 6. The molecule has 0 aliphatic heterocycles. The van der Waals surface area contributed by atoms with Gasteiger partial charge in [-0.25, -0.2) is 18.7 Å². The van der Waals surface area contributed by atoms with Crippen LogP contribution in [-0.2, 0) is 0 Å². The number of nitrogens with zero attached hydrogens (tertiary/aromatic N) is 6. The lowest BCUT2D eigenvalue weighted by molar-refractivity contribution is 0.0754. The summed E-state index contributed by atoms with van der Waals surface area (Å²) < 4.78 is 32.6. The van der Waals surface area contributed by atoms with Crippen molar-refractivity contribution in [1.29, 1.82) is 0 Å². The van der Waals surface area contributed by atoms with Gasteiger partial charge in [0.05, 0.1) is 59.7 Å². The molecule has 62 heavy (non-hydrogen) atoms. The summed E-state index contributed by atoms with van der Waals surface area (Å²) >= 11 is 0. The Morgan fingerprint density at radius 2 is 0.839 bits per heavy atom. The first-order valence-electron chi connectivity index (χ1n) is 22.7. The lowest BCUT2D eigenvalue weighted by Crippen LogP contribution is -2.22. The lowest BCUT2D eigenvalue weighted by atomic mass is 9.75. The van der Waals surface area contributed by atoms with Gasteiger partial charge in [0.15, 0.2) is 0 Å². The Bertz CT molecular complexity index is 2710. The van der Waals surface area contributed by atoms with Crippen molar-refractivity contribution >= 4 is 32.8 Å². The lowest BCUT2D eigenvalue weighted by Gasteiger charge is -2.33. The molecule has 0 unspecified atom stereocenters. The normalized spacial score (nSPS) is 22.8. The van der Waals surface area contributed by atoms with Crippen LogP contribution < -0.4 is 0 Å². The first-order valence-corrected chi connectivity index (χ1v) is 22.7. The first kappa shape index (κ1) is 39.3. The molecule has 8 nitrogen and oxygen atoms in total. The van der Waals surface area contributed by atoms with E-state index >= 15 is 0 Å². The fourth-order valence-corrected chi connectivity index (χ4v) is 11.1. The summed E-state index contributed by atoms with van der Waals surface area (Å²) in [5.41, 5.74) is 10.0. The summed E-state index contributed by atoms with van der Waals surface area (Å²) in [7, 11) is 0. The van der Waals surface area contributed by atoms with Crippen molar-refractivity contribution in [3.05, 3.63) is 156 Å². The molecule has 4 aliphatic rings. The van der Waals surface area contributed by atoms with Crippen molar-refractivity contribution in [1.82, 2.24) is 28.7 Å². The molecule has 0 spiro atoms. The van der Waals surface area contributed by atoms with Crippen LogP contribution in [0.1, 0.15) is 147 Å². The number of rotatable bonds is 8. The smallest absolute Gasteiger partial charge is 0.149 e. The van der Waals surface area contributed by atoms with Crippen LogP contribution in [0.15, 0.2) is 110 Å². The second-order valence-corrected chi connectivity index (χ2v) is 18.5. The molecule has 4 saturated carbocycles. The van der Waals surface area contributed by atoms with Gasteiger partial charge < -0.3 is 19.0 Å². The molecule has 12 rings (SSSR count). The van der Waals surface area contributed by atoms with E-state index in [2.05, 4.69) is 53.0 Å². The minimum Gasteiger partial charge on any atom is -0.387 e. The monoisotopic (exact) mass is 830 g/mol. The van der Waals surface area contributed by atoms with Crippen LogP contribution in [0.3, 0.4) is 0 Å². The Morgan fingerprint density at radius 3 is 1.24 bits per heavy atom. The van der Waals surface area contributed by atoms with Gasteiger partial charge in [0.2, 0.25) is 0 Å². The number of fused-ring (bicyclic) bond motifs is 4. The summed E-state index contributed by atoms with van der Waals surface area (Å²) in [6, 6.07) is 23.3. The van der Waals surface area contributed by atoms with E-state index in [9.17, 15) is 19.0 Å². The van der Waals surface area contributed by atoms with Crippen LogP contribution in [0.25, 0.3) is 32.8 Å². The van der Waals surface area contributed by atoms with Gasteiger partial charge in [-0.2, -0.15) is 0 Å². The van der Waals surface area contributed by atoms with Gasteiger partial charge in [0.25, 0.3) is 0 Å². The number of benzene rings is 2. The summed E-state index contributed by atoms with van der Waals surface area (Å²) in [4.78, 5) is 17.1. The molecule has 0 radical (unpaired) electrons. The van der Waals surface area contributed by atoms with E-state index in [1.54, 1.807) is 24.5 Å². The fourth-order valence-electron chi connectivity index (χ4n) is 11.1. The van der Waals surface area contributed by atoms with E-state index < -0.39 is 12.2 Å². The Balaban J connectivity index is 0.000000139. The molecule has 2 atom stereocenters. The fraction of sp³-hybridized carbons (Fsp3) is 0.385. The number of hydrogen-bond donors (Lipinski definition) is 2. The maximum absolute atomic E-state index is 14.2. The number of imidazole rings is 2. The van der Waals surface area contributed by atoms with Gasteiger partial charge in [-0.3, -0.25) is 9.97 Å². The number of aliphatic hydroxyl groups is 2. The Morgan fingerprint density at radius 1 is 0.468 bits per heavy atom. The molecule has 6 aromatic heterocycles. The topological polar surface area (TPSA) is 101 Å². The molecular weight excluding hydrogens is 779 g/mol. The maximum atomic E-state index is 14.2. The summed E-state index contributed by atoms with van der Waals surface area (Å²) in [5.74, 6) is 1.84. The van der Waals surface area contributed by atoms with Crippen LogP contribution in [0.5, 0.6) is 0 Å². The van der Waals surface area contributed by atoms with Crippen molar-refractivity contribution in [3.63, 3.8) is 0 Å². The van der Waals surface area contributed by atoms with Gasteiger partial charge in [0.1, 0.15) is 22.7 Å². The van der Waals surface area contributed by atoms with Crippen LogP contribution >= 0.6 is 0 Å². The Labute approximate surface area is 359 Å². The minimum atomic E-state index is -0.485. The standard InChI is InChI=1S/2C26H26FN3O/c2*27-23-12-11-20(22-2-1-13-29-24(22)23)16-5-7-18(8-6-16)26(31)25-21(17-3-4-17)10-9-19-14-28-15-30(19)25/h2*1-2,9-18,26,31H,3-8H2/t2*16?,18?,26-/m10/s1. The van der Waals surface area contributed by atoms with Crippen molar-refractivity contribution in [3.8, 4) is 0 Å². The van der Waals surface area contributed by atoms with Crippen LogP contribution in [0.4, 0.5) is 8.78 Å². The summed E-state index contributed by atoms with van der Waals surface area (Å²) in [6.07, 6.45) is 22.4. The molecule has 6 heterocycles. The second kappa shape index (κ2) is 16.3. The zero-order valence-electron chi connectivity index (χ0n) is 34.8.